The monoisotopic (exact) mass is 377 g/mol. The Morgan fingerprint density at radius 3 is 2.32 bits per heavy atom. The minimum atomic E-state index is -0.947. The number of carbonyl (C=O) groups excluding carboxylic acids is 2. The average Bonchev–Trinajstić information content (AvgIpc) is 2.71. The predicted molar refractivity (Wildman–Crippen MR) is 104 cm³/mol. The lowest BCUT2D eigenvalue weighted by Crippen LogP contribution is -2.32. The van der Waals surface area contributed by atoms with E-state index in [-0.39, 0.29) is 0 Å². The smallest absolute Gasteiger partial charge is 0.329 e. The zero-order valence-corrected chi connectivity index (χ0v) is 14.6. The standard InChI is InChI=1S/C21H16FN3O3/c22-16-9-11-17(12-10-16)24-20(26)21(27)25-23-14-15-5-4-8-19(13-15)28-18-6-2-1-3-7-18/h1-14H,(H,24,26)(H,25,27). The molecule has 0 fully saturated rings. The van der Waals surface area contributed by atoms with Gasteiger partial charge in [-0.25, -0.2) is 9.82 Å². The third kappa shape index (κ3) is 5.50. The Balaban J connectivity index is 1.55. The lowest BCUT2D eigenvalue weighted by Gasteiger charge is -2.06. The van der Waals surface area contributed by atoms with Crippen molar-refractivity contribution < 1.29 is 18.7 Å². The van der Waals surface area contributed by atoms with Gasteiger partial charge < -0.3 is 10.1 Å². The van der Waals surface area contributed by atoms with Crippen molar-refractivity contribution in [1.82, 2.24) is 5.43 Å². The Morgan fingerprint density at radius 2 is 1.57 bits per heavy atom. The van der Waals surface area contributed by atoms with Crippen molar-refractivity contribution in [3.8, 4) is 11.5 Å². The number of nitrogens with one attached hydrogen (secondary N) is 2. The lowest BCUT2D eigenvalue weighted by atomic mass is 10.2. The third-order valence-corrected chi connectivity index (χ3v) is 3.53. The first-order valence-corrected chi connectivity index (χ1v) is 8.33. The molecule has 2 amide bonds. The molecule has 0 saturated carbocycles. The molecule has 2 N–H and O–H groups in total. The van der Waals surface area contributed by atoms with Gasteiger partial charge in [-0.3, -0.25) is 9.59 Å². The van der Waals surface area contributed by atoms with E-state index in [2.05, 4.69) is 15.8 Å². The van der Waals surface area contributed by atoms with E-state index in [0.717, 1.165) is 0 Å². The fourth-order valence-corrected chi connectivity index (χ4v) is 2.22. The topological polar surface area (TPSA) is 79.8 Å². The minimum Gasteiger partial charge on any atom is -0.457 e. The van der Waals surface area contributed by atoms with Gasteiger partial charge >= 0.3 is 11.8 Å². The Kier molecular flexibility index (Phi) is 6.10. The molecule has 0 heterocycles. The van der Waals surface area contributed by atoms with Crippen LogP contribution in [0.25, 0.3) is 0 Å². The van der Waals surface area contributed by atoms with E-state index in [1.54, 1.807) is 24.3 Å². The number of hydrazone groups is 1. The number of amides is 2. The summed E-state index contributed by atoms with van der Waals surface area (Å²) in [5.74, 6) is -0.995. The van der Waals surface area contributed by atoms with Crippen LogP contribution in [0.3, 0.4) is 0 Å². The highest BCUT2D eigenvalue weighted by Crippen LogP contribution is 2.21. The molecule has 0 aliphatic carbocycles. The summed E-state index contributed by atoms with van der Waals surface area (Å²) in [4.78, 5) is 23.6. The predicted octanol–water partition coefficient (Wildman–Crippen LogP) is 3.71. The average molecular weight is 377 g/mol. The molecular weight excluding hydrogens is 361 g/mol. The summed E-state index contributed by atoms with van der Waals surface area (Å²) in [5, 5.41) is 6.11. The Hall–Kier alpha value is -4.00. The molecule has 0 aliphatic rings. The van der Waals surface area contributed by atoms with Crippen LogP contribution in [0.15, 0.2) is 84.0 Å². The van der Waals surface area contributed by atoms with Crippen molar-refractivity contribution in [3.63, 3.8) is 0 Å². The minimum absolute atomic E-state index is 0.302. The maximum Gasteiger partial charge on any atom is 0.329 e. The van der Waals surface area contributed by atoms with Gasteiger partial charge in [0.1, 0.15) is 17.3 Å². The molecule has 0 unspecified atom stereocenters. The molecule has 3 rings (SSSR count). The first kappa shape index (κ1) is 18.8. The Bertz CT molecular complexity index is 989. The quantitative estimate of drug-likeness (QED) is 0.404. The van der Waals surface area contributed by atoms with Gasteiger partial charge in [-0.1, -0.05) is 30.3 Å². The van der Waals surface area contributed by atoms with Gasteiger partial charge in [-0.2, -0.15) is 5.10 Å². The number of hydrogen-bond acceptors (Lipinski definition) is 4. The van der Waals surface area contributed by atoms with Gasteiger partial charge in [0.05, 0.1) is 6.21 Å². The molecule has 0 radical (unpaired) electrons. The van der Waals surface area contributed by atoms with Gasteiger partial charge in [-0.05, 0) is 54.1 Å². The number of para-hydroxylation sites is 1. The maximum absolute atomic E-state index is 12.8. The van der Waals surface area contributed by atoms with Crippen LogP contribution in [-0.4, -0.2) is 18.0 Å². The summed E-state index contributed by atoms with van der Waals surface area (Å²) in [6, 6.07) is 21.4. The van der Waals surface area contributed by atoms with Gasteiger partial charge in [-0.15, -0.1) is 0 Å². The SMILES string of the molecule is O=C(NN=Cc1cccc(Oc2ccccc2)c1)C(=O)Nc1ccc(F)cc1. The Morgan fingerprint density at radius 1 is 0.857 bits per heavy atom. The molecule has 0 bridgehead atoms. The van der Waals surface area contributed by atoms with E-state index in [4.69, 9.17) is 4.74 Å². The van der Waals surface area contributed by atoms with Gasteiger partial charge in [0, 0.05) is 5.69 Å². The van der Waals surface area contributed by atoms with Crippen molar-refractivity contribution in [2.75, 3.05) is 5.32 Å². The van der Waals surface area contributed by atoms with E-state index in [0.29, 0.717) is 22.7 Å². The number of ether oxygens (including phenoxy) is 1. The molecule has 0 atom stereocenters. The van der Waals surface area contributed by atoms with Gasteiger partial charge in [0.2, 0.25) is 0 Å². The van der Waals surface area contributed by atoms with Gasteiger partial charge in [0.25, 0.3) is 0 Å². The summed E-state index contributed by atoms with van der Waals surface area (Å²) in [6.07, 6.45) is 1.39. The second-order valence-corrected chi connectivity index (χ2v) is 5.65. The van der Waals surface area contributed by atoms with E-state index < -0.39 is 17.6 Å². The van der Waals surface area contributed by atoms with E-state index in [1.165, 1.54) is 30.5 Å². The Labute approximate surface area is 160 Å². The largest absolute Gasteiger partial charge is 0.457 e. The van der Waals surface area contributed by atoms with Crippen LogP contribution in [0.5, 0.6) is 11.5 Å². The number of nitrogens with zero attached hydrogens (tertiary/aromatic N) is 1. The molecule has 3 aromatic rings. The molecule has 0 saturated heterocycles. The van der Waals surface area contributed by atoms with Crippen molar-refractivity contribution in [1.29, 1.82) is 0 Å². The van der Waals surface area contributed by atoms with Crippen LogP contribution in [0.4, 0.5) is 10.1 Å². The molecule has 7 heteroatoms. The number of hydrogen-bond donors (Lipinski definition) is 2. The summed E-state index contributed by atoms with van der Waals surface area (Å²) < 4.78 is 18.6. The van der Waals surface area contributed by atoms with Crippen LogP contribution < -0.4 is 15.5 Å². The van der Waals surface area contributed by atoms with Crippen LogP contribution in [0.2, 0.25) is 0 Å². The summed E-state index contributed by atoms with van der Waals surface area (Å²) >= 11 is 0. The van der Waals surface area contributed by atoms with E-state index in [1.807, 2.05) is 30.3 Å². The van der Waals surface area contributed by atoms with Crippen LogP contribution in [-0.2, 0) is 9.59 Å². The van der Waals surface area contributed by atoms with E-state index >= 15 is 0 Å². The molecule has 140 valence electrons. The fraction of sp³-hybridized carbons (Fsp3) is 0. The maximum atomic E-state index is 12.8. The third-order valence-electron chi connectivity index (χ3n) is 3.53. The molecule has 0 spiro atoms. The van der Waals surface area contributed by atoms with E-state index in [9.17, 15) is 14.0 Å². The highest BCUT2D eigenvalue weighted by molar-refractivity contribution is 6.39. The first-order chi connectivity index (χ1) is 13.6. The van der Waals surface area contributed by atoms with Crippen LogP contribution in [0.1, 0.15) is 5.56 Å². The number of rotatable bonds is 5. The summed E-state index contributed by atoms with van der Waals surface area (Å²) in [7, 11) is 0. The number of benzene rings is 3. The zero-order chi connectivity index (χ0) is 19.8. The number of halogens is 1. The van der Waals surface area contributed by atoms with Crippen molar-refractivity contribution in [3.05, 3.63) is 90.2 Å². The fourth-order valence-electron chi connectivity index (χ4n) is 2.22. The van der Waals surface area contributed by atoms with Gasteiger partial charge in [0.15, 0.2) is 0 Å². The summed E-state index contributed by atoms with van der Waals surface area (Å²) in [6.45, 7) is 0. The molecular formula is C21H16FN3O3. The first-order valence-electron chi connectivity index (χ1n) is 8.33. The zero-order valence-electron chi connectivity index (χ0n) is 14.6. The normalized spacial score (nSPS) is 10.5. The van der Waals surface area contributed by atoms with Crippen molar-refractivity contribution >= 4 is 23.7 Å². The number of anilines is 1. The lowest BCUT2D eigenvalue weighted by molar-refractivity contribution is -0.136. The number of carbonyl (C=O) groups is 2. The molecule has 28 heavy (non-hydrogen) atoms. The van der Waals surface area contributed by atoms with Crippen LogP contribution >= 0.6 is 0 Å². The van der Waals surface area contributed by atoms with Crippen molar-refractivity contribution in [2.45, 2.75) is 0 Å². The van der Waals surface area contributed by atoms with Crippen LogP contribution in [0, 0.1) is 5.82 Å². The van der Waals surface area contributed by atoms with Crippen molar-refractivity contribution in [2.24, 2.45) is 5.10 Å². The second kappa shape index (κ2) is 9.09. The highest BCUT2D eigenvalue weighted by atomic mass is 19.1. The molecule has 0 aliphatic heterocycles. The molecule has 6 nitrogen and oxygen atoms in total. The molecule has 0 aromatic heterocycles. The highest BCUT2D eigenvalue weighted by Gasteiger charge is 2.12. The second-order valence-electron chi connectivity index (χ2n) is 5.65. The molecule has 3 aromatic carbocycles. The summed E-state index contributed by atoms with van der Waals surface area (Å²) in [5.41, 5.74) is 3.11.